The Bertz CT molecular complexity index is 711. The van der Waals surface area contributed by atoms with E-state index in [4.69, 9.17) is 10.4 Å². The maximum Gasteiger partial charge on any atom is 0.338 e. The molecule has 0 unspecified atom stereocenters. The van der Waals surface area contributed by atoms with Crippen LogP contribution in [0.4, 0.5) is 17.6 Å². The predicted octanol–water partition coefficient (Wildman–Crippen LogP) is 3.50. The number of hydrogen-bond donors (Lipinski definition) is 1. The number of benzene rings is 2. The normalized spacial score (nSPS) is 9.29. The van der Waals surface area contributed by atoms with Crippen LogP contribution in [0.2, 0.25) is 0 Å². The number of nitriles is 1. The predicted molar refractivity (Wildman–Crippen MR) is 64.4 cm³/mol. The van der Waals surface area contributed by atoms with Crippen LogP contribution in [0, 0.1) is 34.6 Å². The molecular weight excluding hydrogens is 290 g/mol. The maximum absolute atomic E-state index is 12.5. The Morgan fingerprint density at radius 2 is 1.48 bits per heavy atom. The van der Waals surface area contributed by atoms with Gasteiger partial charge in [0.15, 0.2) is 23.3 Å². The molecular formula is C14H7F4NO2. The number of hydrogen-bond acceptors (Lipinski definition) is 2. The Hall–Kier alpha value is -2.88. The molecule has 108 valence electrons. The van der Waals surface area contributed by atoms with Crippen molar-refractivity contribution in [1.82, 2.24) is 0 Å². The lowest BCUT2D eigenvalue weighted by atomic mass is 10.2. The van der Waals surface area contributed by atoms with E-state index in [0.717, 1.165) is 24.3 Å². The van der Waals surface area contributed by atoms with Crippen LogP contribution in [-0.2, 0) is 0 Å². The van der Waals surface area contributed by atoms with E-state index in [1.807, 2.05) is 0 Å². The van der Waals surface area contributed by atoms with Crippen LogP contribution in [0.1, 0.15) is 15.9 Å². The van der Waals surface area contributed by atoms with Gasteiger partial charge in [0.2, 0.25) is 0 Å². The highest BCUT2D eigenvalue weighted by molar-refractivity contribution is 5.87. The van der Waals surface area contributed by atoms with Crippen molar-refractivity contribution in [3.8, 4) is 6.07 Å². The third kappa shape index (κ3) is 4.04. The molecule has 0 aromatic heterocycles. The smallest absolute Gasteiger partial charge is 0.338 e. The van der Waals surface area contributed by atoms with Crippen LogP contribution in [0.3, 0.4) is 0 Å². The zero-order valence-corrected chi connectivity index (χ0v) is 10.3. The van der Waals surface area contributed by atoms with Gasteiger partial charge in [0, 0.05) is 0 Å². The number of halogens is 4. The van der Waals surface area contributed by atoms with Gasteiger partial charge in [-0.15, -0.1) is 0 Å². The molecule has 0 bridgehead atoms. The molecule has 0 aliphatic heterocycles. The van der Waals surface area contributed by atoms with Crippen molar-refractivity contribution in [3.05, 3.63) is 70.8 Å². The quantitative estimate of drug-likeness (QED) is 0.819. The summed E-state index contributed by atoms with van der Waals surface area (Å²) in [4.78, 5) is 10.2. The van der Waals surface area contributed by atoms with Crippen molar-refractivity contribution in [1.29, 1.82) is 5.26 Å². The average Bonchev–Trinajstić information content (AvgIpc) is 2.45. The van der Waals surface area contributed by atoms with Crippen molar-refractivity contribution >= 4 is 5.97 Å². The van der Waals surface area contributed by atoms with Crippen LogP contribution in [0.15, 0.2) is 36.4 Å². The van der Waals surface area contributed by atoms with E-state index in [1.54, 1.807) is 0 Å². The molecule has 21 heavy (non-hydrogen) atoms. The Kier molecular flexibility index (Phi) is 5.43. The Labute approximate surface area is 116 Å². The zero-order chi connectivity index (χ0) is 16.0. The van der Waals surface area contributed by atoms with Gasteiger partial charge in [0.25, 0.3) is 0 Å². The van der Waals surface area contributed by atoms with Crippen molar-refractivity contribution in [2.24, 2.45) is 0 Å². The van der Waals surface area contributed by atoms with E-state index in [-0.39, 0.29) is 5.56 Å². The van der Waals surface area contributed by atoms with Gasteiger partial charge in [0.1, 0.15) is 6.07 Å². The zero-order valence-electron chi connectivity index (χ0n) is 10.3. The van der Waals surface area contributed by atoms with Crippen LogP contribution in [0.5, 0.6) is 0 Å². The largest absolute Gasteiger partial charge is 0.478 e. The van der Waals surface area contributed by atoms with E-state index in [9.17, 15) is 22.4 Å². The minimum absolute atomic E-state index is 0.264. The van der Waals surface area contributed by atoms with Crippen LogP contribution < -0.4 is 0 Å². The standard InChI is InChI=1S/C7H3F2N.C7H4F2O2/c8-6-3-1-2-5(4-10)7(6)9;8-5-3-1-2-4(6(5)9)7(10)11/h1-3H;1-3H,(H,10,11). The van der Waals surface area contributed by atoms with Gasteiger partial charge in [-0.25, -0.2) is 22.4 Å². The molecule has 1 N–H and O–H groups in total. The molecule has 2 aromatic rings. The lowest BCUT2D eigenvalue weighted by Crippen LogP contribution is -2.01. The van der Waals surface area contributed by atoms with Gasteiger partial charge >= 0.3 is 5.97 Å². The molecule has 0 aliphatic rings. The fraction of sp³-hybridized carbons (Fsp3) is 0. The number of nitrogens with zero attached hydrogens (tertiary/aromatic N) is 1. The monoisotopic (exact) mass is 297 g/mol. The topological polar surface area (TPSA) is 61.1 Å². The van der Waals surface area contributed by atoms with Crippen LogP contribution >= 0.6 is 0 Å². The summed E-state index contributed by atoms with van der Waals surface area (Å²) in [5, 5.41) is 16.5. The fourth-order valence-corrected chi connectivity index (χ4v) is 1.26. The molecule has 0 saturated carbocycles. The minimum atomic E-state index is -1.47. The van der Waals surface area contributed by atoms with Crippen molar-refractivity contribution in [2.45, 2.75) is 0 Å². The summed E-state index contributed by atoms with van der Waals surface area (Å²) in [6.07, 6.45) is 0. The number of aromatic carboxylic acids is 1. The Balaban J connectivity index is 0.000000211. The molecule has 0 amide bonds. The first kappa shape index (κ1) is 16.2. The van der Waals surface area contributed by atoms with Crippen molar-refractivity contribution in [3.63, 3.8) is 0 Å². The molecule has 2 rings (SSSR count). The maximum atomic E-state index is 12.5. The summed E-state index contributed by atoms with van der Waals surface area (Å²) in [6, 6.07) is 8.00. The number of carboxylic acids is 1. The SMILES string of the molecule is N#Cc1cccc(F)c1F.O=C(O)c1cccc(F)c1F. The second kappa shape index (κ2) is 7.05. The number of carbonyl (C=O) groups is 1. The molecule has 0 spiro atoms. The van der Waals surface area contributed by atoms with Gasteiger partial charge in [-0.05, 0) is 24.3 Å². The third-order valence-electron chi connectivity index (χ3n) is 2.25. The van der Waals surface area contributed by atoms with E-state index in [0.29, 0.717) is 0 Å². The Morgan fingerprint density at radius 3 is 1.90 bits per heavy atom. The summed E-state index contributed by atoms with van der Waals surface area (Å²) in [6.45, 7) is 0. The summed E-state index contributed by atoms with van der Waals surface area (Å²) in [7, 11) is 0. The van der Waals surface area contributed by atoms with Gasteiger partial charge in [-0.2, -0.15) is 5.26 Å². The second-order valence-corrected chi connectivity index (χ2v) is 3.62. The average molecular weight is 297 g/mol. The van der Waals surface area contributed by atoms with Crippen molar-refractivity contribution < 1.29 is 27.5 Å². The molecule has 0 heterocycles. The van der Waals surface area contributed by atoms with Gasteiger partial charge < -0.3 is 5.11 Å². The van der Waals surface area contributed by atoms with E-state index in [2.05, 4.69) is 0 Å². The highest BCUT2D eigenvalue weighted by Gasteiger charge is 2.12. The van der Waals surface area contributed by atoms with E-state index in [1.165, 1.54) is 18.2 Å². The van der Waals surface area contributed by atoms with E-state index >= 15 is 0 Å². The minimum Gasteiger partial charge on any atom is -0.478 e. The second-order valence-electron chi connectivity index (χ2n) is 3.62. The highest BCUT2D eigenvalue weighted by Crippen LogP contribution is 2.10. The molecule has 7 heteroatoms. The number of rotatable bonds is 1. The highest BCUT2D eigenvalue weighted by atomic mass is 19.2. The molecule has 0 radical (unpaired) electrons. The molecule has 2 aromatic carbocycles. The summed E-state index contributed by atoms with van der Waals surface area (Å²) in [5.41, 5.74) is -0.912. The molecule has 0 atom stereocenters. The van der Waals surface area contributed by atoms with Crippen LogP contribution in [-0.4, -0.2) is 11.1 Å². The first-order valence-electron chi connectivity index (χ1n) is 5.40. The summed E-state index contributed by atoms with van der Waals surface area (Å²) >= 11 is 0. The molecule has 0 saturated heterocycles. The third-order valence-corrected chi connectivity index (χ3v) is 2.25. The molecule has 0 fully saturated rings. The Morgan fingerprint density at radius 1 is 0.952 bits per heavy atom. The summed E-state index contributed by atoms with van der Waals surface area (Å²) < 4.78 is 49.4. The molecule has 0 aliphatic carbocycles. The van der Waals surface area contributed by atoms with Gasteiger partial charge in [0.05, 0.1) is 11.1 Å². The molecule has 3 nitrogen and oxygen atoms in total. The summed E-state index contributed by atoms with van der Waals surface area (Å²) in [5.74, 6) is -6.00. The lowest BCUT2D eigenvalue weighted by Gasteiger charge is -1.95. The first-order valence-corrected chi connectivity index (χ1v) is 5.40. The number of carboxylic acid groups (broad SMARTS) is 1. The first-order chi connectivity index (χ1) is 9.88. The van der Waals surface area contributed by atoms with Gasteiger partial charge in [-0.1, -0.05) is 12.1 Å². The lowest BCUT2D eigenvalue weighted by molar-refractivity contribution is 0.0690. The fourth-order valence-electron chi connectivity index (χ4n) is 1.26. The van der Waals surface area contributed by atoms with Crippen LogP contribution in [0.25, 0.3) is 0 Å². The van der Waals surface area contributed by atoms with Gasteiger partial charge in [-0.3, -0.25) is 0 Å². The van der Waals surface area contributed by atoms with E-state index < -0.39 is 34.8 Å². The van der Waals surface area contributed by atoms with Crippen molar-refractivity contribution in [2.75, 3.05) is 0 Å².